The number of methoxy groups -OCH3 is 3. The third-order valence-electron chi connectivity index (χ3n) is 14.5. The maximum Gasteiger partial charge on any atom is 0.261 e. The van der Waals surface area contributed by atoms with Crippen molar-refractivity contribution in [1.29, 1.82) is 0 Å². The Kier molecular flexibility index (Phi) is 20.2. The Morgan fingerprint density at radius 2 is 1.24 bits per heavy atom. The second kappa shape index (κ2) is 24.2. The Morgan fingerprint density at radius 1 is 0.716 bits per heavy atom. The fourth-order valence-corrected chi connectivity index (χ4v) is 21.2. The Balaban J connectivity index is 1.66. The molecule has 1 heterocycles. The molecule has 0 amide bonds. The SMILES string of the molecule is COc1cc([C@H](O)[C@@H](C)C[C@H](OC)[C@H](O)[C@@H](C)/C=C(\C)[C@H](O[Si](C(C)C)(C(C)C)C(C)C)[C@@H](C)/C=C\CO[Si](c2ccccc2)(c2ccccc2)C(C)(C)C)c(OC)c(-n2c(C)ccc2C)c1. The van der Waals surface area contributed by atoms with Crippen molar-refractivity contribution in [2.45, 2.75) is 156 Å². The number of ether oxygens (including phenoxy) is 3. The van der Waals surface area contributed by atoms with Crippen LogP contribution in [0.4, 0.5) is 0 Å². The first-order valence-electron chi connectivity index (χ1n) is 24.6. The van der Waals surface area contributed by atoms with Crippen molar-refractivity contribution in [3.8, 4) is 17.2 Å². The fourth-order valence-electron chi connectivity index (χ4n) is 11.1. The summed E-state index contributed by atoms with van der Waals surface area (Å²) in [5.74, 6) is 0.632. The lowest BCUT2D eigenvalue weighted by atomic mass is 9.86. The van der Waals surface area contributed by atoms with Crippen molar-refractivity contribution in [3.63, 3.8) is 0 Å². The van der Waals surface area contributed by atoms with Crippen LogP contribution >= 0.6 is 0 Å². The van der Waals surface area contributed by atoms with E-state index in [1.807, 2.05) is 39.8 Å². The van der Waals surface area contributed by atoms with Crippen LogP contribution in [0.3, 0.4) is 0 Å². The van der Waals surface area contributed by atoms with E-state index in [0.717, 1.165) is 22.6 Å². The van der Waals surface area contributed by atoms with Crippen molar-refractivity contribution in [1.82, 2.24) is 4.57 Å². The van der Waals surface area contributed by atoms with Gasteiger partial charge in [-0.25, -0.2) is 0 Å². The van der Waals surface area contributed by atoms with E-state index in [9.17, 15) is 10.2 Å². The molecule has 0 fully saturated rings. The summed E-state index contributed by atoms with van der Waals surface area (Å²) in [4.78, 5) is 0. The van der Waals surface area contributed by atoms with E-state index in [0.29, 0.717) is 46.7 Å². The monoisotopic (exact) mass is 954 g/mol. The molecule has 2 N–H and O–H groups in total. The number of hydrogen-bond donors (Lipinski definition) is 2. The van der Waals surface area contributed by atoms with Crippen LogP contribution in [0.1, 0.15) is 119 Å². The maximum atomic E-state index is 12.1. The highest BCUT2D eigenvalue weighted by molar-refractivity contribution is 6.99. The summed E-state index contributed by atoms with van der Waals surface area (Å²) in [6, 6.07) is 29.5. The van der Waals surface area contributed by atoms with E-state index in [2.05, 4.69) is 172 Å². The molecule has 67 heavy (non-hydrogen) atoms. The van der Waals surface area contributed by atoms with E-state index < -0.39 is 34.9 Å². The normalized spacial score (nSPS) is 16.4. The van der Waals surface area contributed by atoms with Crippen LogP contribution in [0.5, 0.6) is 11.5 Å². The van der Waals surface area contributed by atoms with E-state index in [1.54, 1.807) is 21.3 Å². The van der Waals surface area contributed by atoms with Gasteiger partial charge in [0.25, 0.3) is 8.32 Å². The molecule has 0 radical (unpaired) electrons. The number of aromatic nitrogens is 1. The van der Waals surface area contributed by atoms with Gasteiger partial charge < -0.3 is 37.8 Å². The molecule has 4 aromatic rings. The number of aliphatic hydroxyl groups excluding tert-OH is 2. The lowest BCUT2D eigenvalue weighted by Gasteiger charge is -2.46. The van der Waals surface area contributed by atoms with Crippen molar-refractivity contribution in [2.75, 3.05) is 27.9 Å². The van der Waals surface area contributed by atoms with Crippen LogP contribution in [0.25, 0.3) is 5.69 Å². The number of aryl methyl sites for hydroxylation is 2. The average Bonchev–Trinajstić information content (AvgIpc) is 3.63. The molecular weight excluding hydrogens is 867 g/mol. The highest BCUT2D eigenvalue weighted by atomic mass is 28.4. The van der Waals surface area contributed by atoms with E-state index in [4.69, 9.17) is 23.1 Å². The quantitative estimate of drug-likeness (QED) is 0.0534. The van der Waals surface area contributed by atoms with Gasteiger partial charge in [-0.15, -0.1) is 0 Å². The second-order valence-electron chi connectivity index (χ2n) is 21.0. The molecule has 8 nitrogen and oxygen atoms in total. The minimum atomic E-state index is -2.72. The molecule has 3 aromatic carbocycles. The van der Waals surface area contributed by atoms with E-state index in [1.165, 1.54) is 10.4 Å². The second-order valence-corrected chi connectivity index (χ2v) is 30.7. The van der Waals surface area contributed by atoms with Gasteiger partial charge in [0.05, 0.1) is 50.9 Å². The van der Waals surface area contributed by atoms with Gasteiger partial charge in [0, 0.05) is 42.0 Å². The Labute approximate surface area is 408 Å². The summed E-state index contributed by atoms with van der Waals surface area (Å²) >= 11 is 0. The summed E-state index contributed by atoms with van der Waals surface area (Å²) in [5, 5.41) is 26.5. The summed E-state index contributed by atoms with van der Waals surface area (Å²) in [6.45, 7) is 33.9. The molecule has 0 spiro atoms. The van der Waals surface area contributed by atoms with Crippen LogP contribution in [0.15, 0.2) is 109 Å². The molecule has 1 aromatic heterocycles. The molecular formula is C57H87NO7Si2. The lowest BCUT2D eigenvalue weighted by molar-refractivity contribution is -0.0500. The van der Waals surface area contributed by atoms with E-state index >= 15 is 0 Å². The van der Waals surface area contributed by atoms with Gasteiger partial charge in [0.15, 0.2) is 0 Å². The third-order valence-corrected chi connectivity index (χ3v) is 25.5. The molecule has 0 aliphatic heterocycles. The van der Waals surface area contributed by atoms with Crippen molar-refractivity contribution < 1.29 is 33.3 Å². The molecule has 4 rings (SSSR count). The zero-order valence-corrected chi connectivity index (χ0v) is 46.4. The zero-order valence-electron chi connectivity index (χ0n) is 44.4. The molecule has 0 saturated carbocycles. The number of benzene rings is 3. The van der Waals surface area contributed by atoms with Gasteiger partial charge in [-0.2, -0.15) is 0 Å². The first-order valence-corrected chi connectivity index (χ1v) is 28.7. The number of aliphatic hydroxyl groups is 2. The standard InChI is InChI=1S/C57H87NO7Si2/c1-38(2)66(39(3)4,40(5)6)65-55(41(7)26-25-33-64-67(57(13,14)15,48-27-21-19-22-28-48)49-29-23-20-24-30-49)44(10)34-42(8)54(60)52(62-17)35-43(9)53(59)50-36-47(61-16)37-51(56(50)63-18)58-45(11)31-32-46(58)12/h19-32,34,36-43,52-55,59-60H,33,35H2,1-18H3/b26-25-,44-34+/t41-,42-,43-,52-,53+,54+,55+/m0/s1. The highest BCUT2D eigenvalue weighted by Gasteiger charge is 2.50. The summed E-state index contributed by atoms with van der Waals surface area (Å²) in [7, 11) is -0.182. The Hall–Kier alpha value is -3.75. The molecule has 370 valence electrons. The molecule has 0 aliphatic carbocycles. The zero-order chi connectivity index (χ0) is 50.0. The fraction of sp³-hybridized carbons (Fsp3) is 0.544. The Morgan fingerprint density at radius 3 is 1.69 bits per heavy atom. The summed E-state index contributed by atoms with van der Waals surface area (Å²) < 4.78 is 34.8. The van der Waals surface area contributed by atoms with Gasteiger partial charge in [0.1, 0.15) is 11.5 Å². The maximum absolute atomic E-state index is 12.1. The molecule has 7 atom stereocenters. The summed E-state index contributed by atoms with van der Waals surface area (Å²) in [5.41, 5.74) is 5.76. The van der Waals surface area contributed by atoms with Crippen LogP contribution in [0.2, 0.25) is 21.7 Å². The van der Waals surface area contributed by atoms with Crippen LogP contribution in [-0.2, 0) is 13.6 Å². The molecule has 0 saturated heterocycles. The van der Waals surface area contributed by atoms with Crippen LogP contribution < -0.4 is 19.8 Å². The number of nitrogens with zero attached hydrogens (tertiary/aromatic N) is 1. The van der Waals surface area contributed by atoms with Crippen LogP contribution in [-0.4, -0.2) is 77.7 Å². The van der Waals surface area contributed by atoms with Crippen molar-refractivity contribution in [3.05, 3.63) is 126 Å². The van der Waals surface area contributed by atoms with Crippen molar-refractivity contribution >= 4 is 27.0 Å². The van der Waals surface area contributed by atoms with Gasteiger partial charge in [-0.1, -0.05) is 162 Å². The minimum Gasteiger partial charge on any atom is -0.497 e. The van der Waals surface area contributed by atoms with Gasteiger partial charge in [-0.05, 0) is 88.9 Å². The molecule has 10 heteroatoms. The minimum absolute atomic E-state index is 0.0155. The first kappa shape index (κ1) is 55.8. The third kappa shape index (κ3) is 12.4. The van der Waals surface area contributed by atoms with Crippen LogP contribution in [0, 0.1) is 31.6 Å². The first-order chi connectivity index (χ1) is 31.5. The van der Waals surface area contributed by atoms with Gasteiger partial charge >= 0.3 is 0 Å². The molecule has 0 bridgehead atoms. The highest BCUT2D eigenvalue weighted by Crippen LogP contribution is 2.45. The topological polar surface area (TPSA) is 91.5 Å². The van der Waals surface area contributed by atoms with Gasteiger partial charge in [-0.3, -0.25) is 0 Å². The molecule has 0 unspecified atom stereocenters. The smallest absolute Gasteiger partial charge is 0.261 e. The van der Waals surface area contributed by atoms with E-state index in [-0.39, 0.29) is 28.9 Å². The average molecular weight is 954 g/mol. The largest absolute Gasteiger partial charge is 0.497 e. The van der Waals surface area contributed by atoms with Gasteiger partial charge in [0.2, 0.25) is 8.32 Å². The predicted octanol–water partition coefficient (Wildman–Crippen LogP) is 12.5. The number of rotatable bonds is 24. The summed E-state index contributed by atoms with van der Waals surface area (Å²) in [6.07, 6.45) is 4.51. The molecule has 0 aliphatic rings. The predicted molar refractivity (Wildman–Crippen MR) is 285 cm³/mol. The lowest BCUT2D eigenvalue weighted by Crippen LogP contribution is -2.66. The van der Waals surface area contributed by atoms with Crippen molar-refractivity contribution in [2.24, 2.45) is 17.8 Å². The number of hydrogen-bond acceptors (Lipinski definition) is 7. The Bertz CT molecular complexity index is 2110.